The fourth-order valence-corrected chi connectivity index (χ4v) is 3.71. The topological polar surface area (TPSA) is 105 Å². The Morgan fingerprint density at radius 2 is 1.97 bits per heavy atom. The van der Waals surface area contributed by atoms with Gasteiger partial charge < -0.3 is 15.4 Å². The standard InChI is InChI=1S/C20H21N3O5S/c24-16(13-28-18(26)9-4-10-23-17(25)12-21-20(23)27)22-19(15-8-5-11-29-15)14-6-2-1-3-7-14/h1-3,5-8,11,19H,4,9-10,12-13H2,(H,21,27)(H,22,24)/t19-/m1/s1. The number of thiophene rings is 1. The van der Waals surface area contributed by atoms with Gasteiger partial charge in [-0.3, -0.25) is 19.3 Å². The Bertz CT molecular complexity index is 854. The molecule has 3 rings (SSSR count). The summed E-state index contributed by atoms with van der Waals surface area (Å²) in [5, 5.41) is 7.24. The van der Waals surface area contributed by atoms with Gasteiger partial charge in [0.1, 0.15) is 0 Å². The predicted molar refractivity (Wildman–Crippen MR) is 106 cm³/mol. The van der Waals surface area contributed by atoms with Crippen LogP contribution in [0.4, 0.5) is 4.79 Å². The Labute approximate surface area is 171 Å². The number of rotatable bonds is 9. The van der Waals surface area contributed by atoms with Gasteiger partial charge >= 0.3 is 12.0 Å². The highest BCUT2D eigenvalue weighted by Gasteiger charge is 2.27. The third-order valence-electron chi connectivity index (χ3n) is 4.33. The summed E-state index contributed by atoms with van der Waals surface area (Å²) in [6, 6.07) is 12.6. The van der Waals surface area contributed by atoms with E-state index in [9.17, 15) is 19.2 Å². The van der Waals surface area contributed by atoms with Gasteiger partial charge in [-0.1, -0.05) is 36.4 Å². The minimum absolute atomic E-state index is 0.0113. The van der Waals surface area contributed by atoms with E-state index < -0.39 is 24.5 Å². The summed E-state index contributed by atoms with van der Waals surface area (Å²) in [6.45, 7) is -0.270. The van der Waals surface area contributed by atoms with Crippen LogP contribution in [0.25, 0.3) is 0 Å². The van der Waals surface area contributed by atoms with Gasteiger partial charge in [0.05, 0.1) is 12.6 Å². The van der Waals surface area contributed by atoms with E-state index in [1.165, 1.54) is 11.3 Å². The number of benzene rings is 1. The van der Waals surface area contributed by atoms with Crippen LogP contribution in [-0.4, -0.2) is 48.4 Å². The van der Waals surface area contributed by atoms with Crippen LogP contribution in [0.15, 0.2) is 47.8 Å². The molecule has 1 aliphatic heterocycles. The molecule has 1 atom stereocenters. The number of nitrogens with one attached hydrogen (secondary N) is 2. The molecule has 1 fully saturated rings. The van der Waals surface area contributed by atoms with Crippen molar-refractivity contribution in [1.82, 2.24) is 15.5 Å². The van der Waals surface area contributed by atoms with Gasteiger partial charge in [0, 0.05) is 17.8 Å². The van der Waals surface area contributed by atoms with Crippen LogP contribution in [0.5, 0.6) is 0 Å². The molecule has 1 saturated heterocycles. The molecule has 152 valence electrons. The first-order valence-electron chi connectivity index (χ1n) is 9.16. The number of amides is 4. The van der Waals surface area contributed by atoms with E-state index >= 15 is 0 Å². The molecule has 1 aliphatic rings. The normalized spacial score (nSPS) is 14.4. The number of nitrogens with zero attached hydrogens (tertiary/aromatic N) is 1. The summed E-state index contributed by atoms with van der Waals surface area (Å²) in [4.78, 5) is 49.1. The second-order valence-electron chi connectivity index (χ2n) is 6.39. The highest BCUT2D eigenvalue weighted by atomic mass is 32.1. The van der Waals surface area contributed by atoms with Crippen molar-refractivity contribution in [1.29, 1.82) is 0 Å². The monoisotopic (exact) mass is 415 g/mol. The zero-order chi connectivity index (χ0) is 20.6. The summed E-state index contributed by atoms with van der Waals surface area (Å²) < 4.78 is 5.02. The number of carbonyl (C=O) groups excluding carboxylic acids is 4. The van der Waals surface area contributed by atoms with Crippen LogP contribution >= 0.6 is 11.3 Å². The molecular weight excluding hydrogens is 394 g/mol. The van der Waals surface area contributed by atoms with Gasteiger partial charge in [0.15, 0.2) is 6.61 Å². The fourth-order valence-electron chi connectivity index (χ4n) is 2.90. The minimum Gasteiger partial charge on any atom is -0.456 e. The molecule has 1 aromatic heterocycles. The molecule has 0 radical (unpaired) electrons. The number of carbonyl (C=O) groups is 4. The van der Waals surface area contributed by atoms with E-state index in [0.717, 1.165) is 15.3 Å². The van der Waals surface area contributed by atoms with Crippen LogP contribution in [-0.2, 0) is 19.1 Å². The maximum Gasteiger partial charge on any atom is 0.324 e. The molecule has 9 heteroatoms. The Balaban J connectivity index is 1.45. The Kier molecular flexibility index (Phi) is 6.96. The molecule has 4 amide bonds. The molecule has 0 spiro atoms. The van der Waals surface area contributed by atoms with Gasteiger partial charge in [-0.25, -0.2) is 4.79 Å². The summed E-state index contributed by atoms with van der Waals surface area (Å²) in [5.41, 5.74) is 0.934. The minimum atomic E-state index is -0.556. The van der Waals surface area contributed by atoms with E-state index in [4.69, 9.17) is 4.74 Å². The van der Waals surface area contributed by atoms with Gasteiger partial charge in [-0.15, -0.1) is 11.3 Å². The maximum atomic E-state index is 12.3. The summed E-state index contributed by atoms with van der Waals surface area (Å²) >= 11 is 1.53. The number of ether oxygens (including phenoxy) is 1. The van der Waals surface area contributed by atoms with E-state index in [1.54, 1.807) is 0 Å². The van der Waals surface area contributed by atoms with Crippen LogP contribution in [0.3, 0.4) is 0 Å². The van der Waals surface area contributed by atoms with E-state index in [0.29, 0.717) is 0 Å². The number of esters is 1. The molecule has 0 unspecified atom stereocenters. The van der Waals surface area contributed by atoms with Crippen molar-refractivity contribution >= 4 is 35.2 Å². The van der Waals surface area contributed by atoms with Gasteiger partial charge in [0.2, 0.25) is 5.91 Å². The SMILES string of the molecule is O=C(COC(=O)CCCN1C(=O)CNC1=O)N[C@H](c1ccccc1)c1cccs1. The molecule has 0 saturated carbocycles. The first-order chi connectivity index (χ1) is 14.0. The van der Waals surface area contributed by atoms with E-state index in [1.807, 2.05) is 47.8 Å². The number of hydrogen-bond donors (Lipinski definition) is 2. The molecule has 0 aliphatic carbocycles. The third-order valence-corrected chi connectivity index (χ3v) is 5.27. The first kappa shape index (κ1) is 20.5. The average Bonchev–Trinajstić information content (AvgIpc) is 3.36. The van der Waals surface area contributed by atoms with Crippen molar-refractivity contribution in [3.05, 3.63) is 58.3 Å². The van der Waals surface area contributed by atoms with Crippen LogP contribution in [0, 0.1) is 0 Å². The fraction of sp³-hybridized carbons (Fsp3) is 0.300. The lowest BCUT2D eigenvalue weighted by Gasteiger charge is -2.18. The number of hydrogen-bond acceptors (Lipinski definition) is 6. The molecule has 1 aromatic carbocycles. The largest absolute Gasteiger partial charge is 0.456 e. The highest BCUT2D eigenvalue weighted by Crippen LogP contribution is 2.25. The van der Waals surface area contributed by atoms with Crippen LogP contribution in [0.2, 0.25) is 0 Å². The van der Waals surface area contributed by atoms with E-state index in [-0.39, 0.29) is 37.9 Å². The second kappa shape index (κ2) is 9.83. The Hall–Kier alpha value is -3.20. The average molecular weight is 415 g/mol. The lowest BCUT2D eigenvalue weighted by atomic mass is 10.1. The van der Waals surface area contributed by atoms with Crippen molar-refractivity contribution in [3.63, 3.8) is 0 Å². The highest BCUT2D eigenvalue weighted by molar-refractivity contribution is 7.10. The quantitative estimate of drug-likeness (QED) is 0.480. The zero-order valence-electron chi connectivity index (χ0n) is 15.6. The predicted octanol–water partition coefficient (Wildman–Crippen LogP) is 1.83. The number of imide groups is 1. The van der Waals surface area contributed by atoms with Gasteiger partial charge in [-0.2, -0.15) is 0 Å². The zero-order valence-corrected chi connectivity index (χ0v) is 16.4. The van der Waals surface area contributed by atoms with E-state index in [2.05, 4.69) is 10.6 Å². The second-order valence-corrected chi connectivity index (χ2v) is 7.37. The third kappa shape index (κ3) is 5.64. The van der Waals surface area contributed by atoms with Crippen LogP contribution in [0.1, 0.15) is 29.3 Å². The smallest absolute Gasteiger partial charge is 0.324 e. The van der Waals surface area contributed by atoms with Crippen molar-refractivity contribution in [2.75, 3.05) is 19.7 Å². The molecule has 2 heterocycles. The summed E-state index contributed by atoms with van der Waals surface area (Å²) in [7, 11) is 0. The lowest BCUT2D eigenvalue weighted by Crippen LogP contribution is -2.33. The Morgan fingerprint density at radius 1 is 1.17 bits per heavy atom. The molecule has 8 nitrogen and oxygen atoms in total. The molecule has 29 heavy (non-hydrogen) atoms. The van der Waals surface area contributed by atoms with Crippen molar-refractivity contribution in [2.45, 2.75) is 18.9 Å². The van der Waals surface area contributed by atoms with Crippen LogP contribution < -0.4 is 10.6 Å². The van der Waals surface area contributed by atoms with Crippen molar-refractivity contribution in [2.24, 2.45) is 0 Å². The molecule has 2 N–H and O–H groups in total. The maximum absolute atomic E-state index is 12.3. The van der Waals surface area contributed by atoms with Crippen molar-refractivity contribution in [3.8, 4) is 0 Å². The van der Waals surface area contributed by atoms with Gasteiger partial charge in [-0.05, 0) is 23.4 Å². The number of urea groups is 1. The molecule has 2 aromatic rings. The molecule has 0 bridgehead atoms. The van der Waals surface area contributed by atoms with Gasteiger partial charge in [0.25, 0.3) is 5.91 Å². The first-order valence-corrected chi connectivity index (χ1v) is 10.0. The van der Waals surface area contributed by atoms with Crippen molar-refractivity contribution < 1.29 is 23.9 Å². The summed E-state index contributed by atoms with van der Waals surface area (Å²) in [5.74, 6) is -1.28. The molecular formula is C20H21N3O5S. The summed E-state index contributed by atoms with van der Waals surface area (Å²) in [6.07, 6.45) is 0.291. The Morgan fingerprint density at radius 3 is 2.62 bits per heavy atom. The lowest BCUT2D eigenvalue weighted by molar-refractivity contribution is -0.148.